The third kappa shape index (κ3) is 2.18. The van der Waals surface area contributed by atoms with Crippen LogP contribution in [-0.4, -0.2) is 27.0 Å². The third-order valence-electron chi connectivity index (χ3n) is 2.47. The molecule has 0 aliphatic rings. The monoisotopic (exact) mass is 297 g/mol. The maximum absolute atomic E-state index is 10.3. The van der Waals surface area contributed by atoms with E-state index in [-0.39, 0.29) is 0 Å². The van der Waals surface area contributed by atoms with Crippen molar-refractivity contribution in [3.05, 3.63) is 40.4 Å². The van der Waals surface area contributed by atoms with Crippen LogP contribution in [0, 0.1) is 0 Å². The fourth-order valence-corrected chi connectivity index (χ4v) is 2.10. The number of methoxy groups -OCH3 is 1. The van der Waals surface area contributed by atoms with Crippen molar-refractivity contribution in [3.63, 3.8) is 0 Å². The first-order valence-electron chi connectivity index (χ1n) is 4.99. The normalized spacial score (nSPS) is 12.5. The Morgan fingerprint density at radius 2 is 2.29 bits per heavy atom. The maximum Gasteiger partial charge on any atom is 0.163 e. The molecule has 0 aromatic carbocycles. The lowest BCUT2D eigenvalue weighted by atomic mass is 10.1. The van der Waals surface area contributed by atoms with Gasteiger partial charge in [0.05, 0.1) is 19.0 Å². The Morgan fingerprint density at radius 1 is 1.53 bits per heavy atom. The van der Waals surface area contributed by atoms with Crippen molar-refractivity contribution in [2.75, 3.05) is 7.11 Å². The van der Waals surface area contributed by atoms with Gasteiger partial charge < -0.3 is 9.84 Å². The molecule has 0 bridgehead atoms. The minimum Gasteiger partial charge on any atom is -0.493 e. The number of hydrogen-bond acceptors (Lipinski definition) is 4. The molecule has 1 unspecified atom stereocenters. The number of pyridine rings is 1. The van der Waals surface area contributed by atoms with E-state index in [1.165, 1.54) is 0 Å². The number of aliphatic hydroxyl groups excluding tert-OH is 1. The van der Waals surface area contributed by atoms with Gasteiger partial charge in [-0.05, 0) is 28.1 Å². The molecule has 1 N–H and O–H groups in total. The fourth-order valence-electron chi connectivity index (χ4n) is 1.62. The van der Waals surface area contributed by atoms with Crippen molar-refractivity contribution < 1.29 is 9.84 Å². The number of aromatic nitrogens is 3. The van der Waals surface area contributed by atoms with Crippen LogP contribution in [0.4, 0.5) is 0 Å². The molecule has 0 fully saturated rings. The lowest BCUT2D eigenvalue weighted by Gasteiger charge is -2.13. The largest absolute Gasteiger partial charge is 0.493 e. The molecule has 90 valence electrons. The zero-order valence-electron chi connectivity index (χ0n) is 9.46. The predicted octanol–water partition coefficient (Wildman–Crippen LogP) is 1.67. The zero-order chi connectivity index (χ0) is 12.4. The number of nitrogens with zero attached hydrogens (tertiary/aromatic N) is 3. The van der Waals surface area contributed by atoms with Crippen molar-refractivity contribution in [1.82, 2.24) is 14.8 Å². The van der Waals surface area contributed by atoms with Crippen molar-refractivity contribution in [2.24, 2.45) is 7.05 Å². The summed E-state index contributed by atoms with van der Waals surface area (Å²) in [6, 6.07) is 3.62. The molecule has 17 heavy (non-hydrogen) atoms. The summed E-state index contributed by atoms with van der Waals surface area (Å²) in [6.45, 7) is 0. The Bertz CT molecular complexity index is 527. The average molecular weight is 298 g/mol. The second kappa shape index (κ2) is 4.85. The standard InChI is InChI=1S/C11H12BrN3O2/c1-15-10(8(17-2)6-14-15)11(16)9-7(12)4-3-5-13-9/h3-6,11,16H,1-2H3. The van der Waals surface area contributed by atoms with Gasteiger partial charge >= 0.3 is 0 Å². The summed E-state index contributed by atoms with van der Waals surface area (Å²) in [5, 5.41) is 14.4. The molecule has 0 spiro atoms. The predicted molar refractivity (Wildman–Crippen MR) is 65.8 cm³/mol. The quantitative estimate of drug-likeness (QED) is 0.936. The van der Waals surface area contributed by atoms with E-state index in [1.54, 1.807) is 37.3 Å². The number of ether oxygens (including phenoxy) is 1. The van der Waals surface area contributed by atoms with Crippen LogP contribution in [0.5, 0.6) is 5.75 Å². The van der Waals surface area contributed by atoms with Gasteiger partial charge in [0.15, 0.2) is 5.75 Å². The minimum atomic E-state index is -0.881. The molecule has 1 atom stereocenters. The summed E-state index contributed by atoms with van der Waals surface area (Å²) in [5.41, 5.74) is 1.11. The van der Waals surface area contributed by atoms with Crippen LogP contribution in [0.25, 0.3) is 0 Å². The van der Waals surface area contributed by atoms with Crippen LogP contribution in [-0.2, 0) is 7.05 Å². The van der Waals surface area contributed by atoms with Gasteiger partial charge in [0.2, 0.25) is 0 Å². The summed E-state index contributed by atoms with van der Waals surface area (Å²) in [7, 11) is 3.29. The van der Waals surface area contributed by atoms with Gasteiger partial charge in [-0.2, -0.15) is 5.10 Å². The highest BCUT2D eigenvalue weighted by Crippen LogP contribution is 2.31. The summed E-state index contributed by atoms with van der Waals surface area (Å²) in [4.78, 5) is 4.16. The van der Waals surface area contributed by atoms with Gasteiger partial charge in [0.25, 0.3) is 0 Å². The van der Waals surface area contributed by atoms with Crippen molar-refractivity contribution in [2.45, 2.75) is 6.10 Å². The van der Waals surface area contributed by atoms with Crippen molar-refractivity contribution in [3.8, 4) is 5.75 Å². The minimum absolute atomic E-state index is 0.536. The SMILES string of the molecule is COc1cnn(C)c1C(O)c1ncccc1Br. The van der Waals surface area contributed by atoms with Crippen molar-refractivity contribution in [1.29, 1.82) is 0 Å². The van der Waals surface area contributed by atoms with E-state index < -0.39 is 6.10 Å². The Morgan fingerprint density at radius 3 is 2.94 bits per heavy atom. The molecule has 0 radical (unpaired) electrons. The van der Waals surface area contributed by atoms with Gasteiger partial charge in [-0.25, -0.2) is 0 Å². The van der Waals surface area contributed by atoms with Crippen LogP contribution < -0.4 is 4.74 Å². The number of rotatable bonds is 3. The van der Waals surface area contributed by atoms with E-state index in [1.807, 2.05) is 6.07 Å². The summed E-state index contributed by atoms with van der Waals surface area (Å²) in [6.07, 6.45) is 2.31. The molecular formula is C11H12BrN3O2. The van der Waals surface area contributed by atoms with E-state index in [2.05, 4.69) is 26.0 Å². The number of aliphatic hydroxyl groups is 1. The molecule has 0 saturated carbocycles. The Labute approximate surface area is 107 Å². The maximum atomic E-state index is 10.3. The Balaban J connectivity index is 2.47. The molecule has 5 nitrogen and oxygen atoms in total. The smallest absolute Gasteiger partial charge is 0.163 e. The molecule has 6 heteroatoms. The first-order chi connectivity index (χ1) is 8.15. The van der Waals surface area contributed by atoms with E-state index >= 15 is 0 Å². The number of hydrogen-bond donors (Lipinski definition) is 1. The lowest BCUT2D eigenvalue weighted by Crippen LogP contribution is -2.10. The van der Waals surface area contributed by atoms with Gasteiger partial charge in [0.1, 0.15) is 11.8 Å². The van der Waals surface area contributed by atoms with E-state index in [0.717, 1.165) is 4.47 Å². The topological polar surface area (TPSA) is 60.2 Å². The summed E-state index contributed by atoms with van der Waals surface area (Å²) < 4.78 is 7.48. The van der Waals surface area contributed by atoms with Gasteiger partial charge in [-0.1, -0.05) is 0 Å². The second-order valence-corrected chi connectivity index (χ2v) is 4.35. The average Bonchev–Trinajstić information content (AvgIpc) is 2.70. The molecule has 2 aromatic heterocycles. The number of aryl methyl sites for hydroxylation is 1. The molecule has 2 rings (SSSR count). The second-order valence-electron chi connectivity index (χ2n) is 3.49. The van der Waals surface area contributed by atoms with Crippen LogP contribution >= 0.6 is 15.9 Å². The first-order valence-corrected chi connectivity index (χ1v) is 5.78. The highest BCUT2D eigenvalue weighted by atomic mass is 79.9. The van der Waals surface area contributed by atoms with E-state index in [0.29, 0.717) is 17.1 Å². The van der Waals surface area contributed by atoms with Gasteiger partial charge in [0, 0.05) is 17.7 Å². The van der Waals surface area contributed by atoms with Crippen LogP contribution in [0.1, 0.15) is 17.5 Å². The van der Waals surface area contributed by atoms with Crippen LogP contribution in [0.2, 0.25) is 0 Å². The molecule has 0 aliphatic carbocycles. The third-order valence-corrected chi connectivity index (χ3v) is 3.14. The van der Waals surface area contributed by atoms with Crippen LogP contribution in [0.15, 0.2) is 29.0 Å². The van der Waals surface area contributed by atoms with Gasteiger partial charge in [-0.15, -0.1) is 0 Å². The van der Waals surface area contributed by atoms with E-state index in [9.17, 15) is 5.11 Å². The molecule has 0 amide bonds. The molecular weight excluding hydrogens is 286 g/mol. The lowest BCUT2D eigenvalue weighted by molar-refractivity contribution is 0.199. The summed E-state index contributed by atoms with van der Waals surface area (Å²) in [5.74, 6) is 0.539. The van der Waals surface area contributed by atoms with E-state index in [4.69, 9.17) is 4.74 Å². The number of halogens is 1. The highest BCUT2D eigenvalue weighted by molar-refractivity contribution is 9.10. The molecule has 2 aromatic rings. The van der Waals surface area contributed by atoms with Gasteiger partial charge in [-0.3, -0.25) is 9.67 Å². The molecule has 2 heterocycles. The highest BCUT2D eigenvalue weighted by Gasteiger charge is 2.22. The zero-order valence-corrected chi connectivity index (χ0v) is 11.0. The summed E-state index contributed by atoms with van der Waals surface area (Å²) >= 11 is 3.36. The fraction of sp³-hybridized carbons (Fsp3) is 0.273. The first kappa shape index (κ1) is 12.1. The molecule has 0 saturated heterocycles. The van der Waals surface area contributed by atoms with Crippen molar-refractivity contribution >= 4 is 15.9 Å². The Kier molecular flexibility index (Phi) is 3.44. The Hall–Kier alpha value is -1.40. The van der Waals surface area contributed by atoms with Crippen LogP contribution in [0.3, 0.4) is 0 Å². The molecule has 0 aliphatic heterocycles.